The first-order valence-corrected chi connectivity index (χ1v) is 7.44. The van der Waals surface area contributed by atoms with Gasteiger partial charge in [0.25, 0.3) is 0 Å². The van der Waals surface area contributed by atoms with Crippen LogP contribution in [-0.2, 0) is 0 Å². The van der Waals surface area contributed by atoms with Crippen LogP contribution in [0.5, 0.6) is 5.75 Å². The SMILES string of the molecule is CC(=O)c1c(O)c2ccc3c(C)cccc3c2c2oc(C)nc12. The average Bonchev–Trinajstić information content (AvgIpc) is 2.87. The van der Waals surface area contributed by atoms with Crippen molar-refractivity contribution < 1.29 is 14.3 Å². The van der Waals surface area contributed by atoms with Crippen LogP contribution >= 0.6 is 0 Å². The summed E-state index contributed by atoms with van der Waals surface area (Å²) < 4.78 is 5.80. The van der Waals surface area contributed by atoms with Crippen LogP contribution in [0.3, 0.4) is 0 Å². The Balaban J connectivity index is 2.39. The largest absolute Gasteiger partial charge is 0.506 e. The highest BCUT2D eigenvalue weighted by Gasteiger charge is 2.22. The molecule has 0 saturated heterocycles. The van der Waals surface area contributed by atoms with Gasteiger partial charge >= 0.3 is 0 Å². The number of phenolic OH excluding ortho intramolecular Hbond substituents is 1. The number of hydrogen-bond acceptors (Lipinski definition) is 4. The molecule has 0 aliphatic carbocycles. The molecule has 0 bridgehead atoms. The molecule has 0 atom stereocenters. The molecule has 1 N–H and O–H groups in total. The Labute approximate surface area is 132 Å². The van der Waals surface area contributed by atoms with Crippen molar-refractivity contribution in [1.29, 1.82) is 0 Å². The molecule has 4 heteroatoms. The summed E-state index contributed by atoms with van der Waals surface area (Å²) >= 11 is 0. The second-order valence-corrected chi connectivity index (χ2v) is 5.85. The molecule has 1 aromatic heterocycles. The van der Waals surface area contributed by atoms with Crippen molar-refractivity contribution in [2.75, 3.05) is 0 Å². The number of nitrogens with zero attached hydrogens (tertiary/aromatic N) is 1. The Morgan fingerprint density at radius 1 is 1.09 bits per heavy atom. The zero-order valence-electron chi connectivity index (χ0n) is 13.1. The monoisotopic (exact) mass is 305 g/mol. The van der Waals surface area contributed by atoms with E-state index in [4.69, 9.17) is 4.42 Å². The van der Waals surface area contributed by atoms with E-state index in [2.05, 4.69) is 4.98 Å². The minimum absolute atomic E-state index is 0.0308. The minimum atomic E-state index is -0.230. The van der Waals surface area contributed by atoms with Crippen molar-refractivity contribution >= 4 is 38.4 Å². The van der Waals surface area contributed by atoms with E-state index >= 15 is 0 Å². The number of benzene rings is 3. The molecular formula is C19H15NO3. The molecule has 4 aromatic rings. The summed E-state index contributed by atoms with van der Waals surface area (Å²) in [6.07, 6.45) is 0. The number of phenols is 1. The van der Waals surface area contributed by atoms with E-state index in [-0.39, 0.29) is 17.1 Å². The molecular weight excluding hydrogens is 290 g/mol. The van der Waals surface area contributed by atoms with Gasteiger partial charge in [-0.3, -0.25) is 4.79 Å². The summed E-state index contributed by atoms with van der Waals surface area (Å²) in [6, 6.07) is 9.81. The second-order valence-electron chi connectivity index (χ2n) is 5.85. The van der Waals surface area contributed by atoms with Crippen LogP contribution in [0.25, 0.3) is 32.6 Å². The maximum Gasteiger partial charge on any atom is 0.192 e. The van der Waals surface area contributed by atoms with Crippen LogP contribution < -0.4 is 0 Å². The highest BCUT2D eigenvalue weighted by atomic mass is 16.3. The van der Waals surface area contributed by atoms with Crippen molar-refractivity contribution in [3.05, 3.63) is 47.3 Å². The van der Waals surface area contributed by atoms with Gasteiger partial charge in [0.05, 0.1) is 5.56 Å². The molecule has 0 aliphatic rings. The van der Waals surface area contributed by atoms with E-state index in [0.717, 1.165) is 21.7 Å². The molecule has 23 heavy (non-hydrogen) atoms. The fourth-order valence-electron chi connectivity index (χ4n) is 3.30. The fraction of sp³-hybridized carbons (Fsp3) is 0.158. The molecule has 0 unspecified atom stereocenters. The molecule has 0 radical (unpaired) electrons. The van der Waals surface area contributed by atoms with Crippen LogP contribution in [0.4, 0.5) is 0 Å². The van der Waals surface area contributed by atoms with Crippen molar-refractivity contribution in [3.8, 4) is 5.75 Å². The molecule has 0 spiro atoms. The van der Waals surface area contributed by atoms with Gasteiger partial charge in [0.1, 0.15) is 11.3 Å². The first kappa shape index (κ1) is 13.8. The van der Waals surface area contributed by atoms with Crippen LogP contribution in [0.1, 0.15) is 28.7 Å². The van der Waals surface area contributed by atoms with Crippen LogP contribution in [0.2, 0.25) is 0 Å². The number of fused-ring (bicyclic) bond motifs is 5. The number of carbonyl (C=O) groups is 1. The summed E-state index contributed by atoms with van der Waals surface area (Å²) in [7, 11) is 0. The minimum Gasteiger partial charge on any atom is -0.506 e. The predicted molar refractivity (Wildman–Crippen MR) is 90.2 cm³/mol. The van der Waals surface area contributed by atoms with Crippen molar-refractivity contribution in [2.24, 2.45) is 0 Å². The van der Waals surface area contributed by atoms with Gasteiger partial charge in [-0.25, -0.2) is 4.98 Å². The van der Waals surface area contributed by atoms with E-state index in [1.54, 1.807) is 6.92 Å². The number of rotatable bonds is 1. The van der Waals surface area contributed by atoms with Crippen molar-refractivity contribution in [3.63, 3.8) is 0 Å². The lowest BCUT2D eigenvalue weighted by atomic mass is 9.95. The van der Waals surface area contributed by atoms with E-state index < -0.39 is 0 Å². The highest BCUT2D eigenvalue weighted by Crippen LogP contribution is 2.41. The third kappa shape index (κ3) is 1.78. The molecule has 0 fully saturated rings. The number of oxazole rings is 1. The summed E-state index contributed by atoms with van der Waals surface area (Å²) in [5.74, 6) is 0.211. The van der Waals surface area contributed by atoms with E-state index in [0.29, 0.717) is 22.4 Å². The van der Waals surface area contributed by atoms with Gasteiger partial charge < -0.3 is 9.52 Å². The predicted octanol–water partition coefficient (Wildman–Crippen LogP) is 4.66. The summed E-state index contributed by atoms with van der Waals surface area (Å²) in [5, 5.41) is 14.1. The molecule has 0 saturated carbocycles. The number of aryl methyl sites for hydroxylation is 2. The standard InChI is InChI=1S/C19H15NO3/c1-9-5-4-6-13-12(9)7-8-14-16(13)19-17(20-11(3)23-19)15(10(2)21)18(14)22/h4-8,22H,1-3H3. The number of carbonyl (C=O) groups excluding carboxylic acids is 1. The maximum atomic E-state index is 12.0. The summed E-state index contributed by atoms with van der Waals surface area (Å²) in [6.45, 7) is 5.21. The second kappa shape index (κ2) is 4.56. The zero-order chi connectivity index (χ0) is 16.3. The molecule has 4 nitrogen and oxygen atoms in total. The van der Waals surface area contributed by atoms with Crippen molar-refractivity contribution in [2.45, 2.75) is 20.8 Å². The Kier molecular flexibility index (Phi) is 2.73. The Morgan fingerprint density at radius 3 is 2.57 bits per heavy atom. The number of Topliss-reactive ketones (excluding diaryl/α,β-unsaturated/α-hetero) is 1. The maximum absolute atomic E-state index is 12.0. The molecule has 0 amide bonds. The van der Waals surface area contributed by atoms with Gasteiger partial charge in [0.2, 0.25) is 0 Å². The van der Waals surface area contributed by atoms with Gasteiger partial charge in [0, 0.05) is 17.7 Å². The lowest BCUT2D eigenvalue weighted by molar-refractivity contribution is 0.101. The molecule has 0 aliphatic heterocycles. The van der Waals surface area contributed by atoms with Gasteiger partial charge in [-0.15, -0.1) is 0 Å². The number of hydrogen-bond donors (Lipinski definition) is 1. The normalized spacial score (nSPS) is 11.6. The van der Waals surface area contributed by atoms with Gasteiger partial charge in [0.15, 0.2) is 17.3 Å². The number of aromatic nitrogens is 1. The number of aromatic hydroxyl groups is 1. The number of ketones is 1. The smallest absolute Gasteiger partial charge is 0.192 e. The Morgan fingerprint density at radius 2 is 1.83 bits per heavy atom. The fourth-order valence-corrected chi connectivity index (χ4v) is 3.30. The Hall–Kier alpha value is -2.88. The highest BCUT2D eigenvalue weighted by molar-refractivity contribution is 6.25. The first-order chi connectivity index (χ1) is 11.0. The van der Waals surface area contributed by atoms with E-state index in [9.17, 15) is 9.90 Å². The summed E-state index contributed by atoms with van der Waals surface area (Å²) in [4.78, 5) is 16.3. The van der Waals surface area contributed by atoms with Gasteiger partial charge in [-0.2, -0.15) is 0 Å². The van der Waals surface area contributed by atoms with E-state index in [1.807, 2.05) is 37.3 Å². The first-order valence-electron chi connectivity index (χ1n) is 7.44. The lowest BCUT2D eigenvalue weighted by Crippen LogP contribution is -1.96. The average molecular weight is 305 g/mol. The van der Waals surface area contributed by atoms with Crippen LogP contribution in [0.15, 0.2) is 34.7 Å². The summed E-state index contributed by atoms with van der Waals surface area (Å²) in [5.41, 5.74) is 2.34. The van der Waals surface area contributed by atoms with Gasteiger partial charge in [-0.05, 0) is 36.2 Å². The zero-order valence-corrected chi connectivity index (χ0v) is 13.1. The Bertz CT molecular complexity index is 1120. The van der Waals surface area contributed by atoms with Crippen molar-refractivity contribution in [1.82, 2.24) is 4.98 Å². The topological polar surface area (TPSA) is 63.3 Å². The van der Waals surface area contributed by atoms with Crippen LogP contribution in [0, 0.1) is 13.8 Å². The van der Waals surface area contributed by atoms with Gasteiger partial charge in [-0.1, -0.05) is 24.3 Å². The molecule has 1 heterocycles. The molecule has 4 rings (SSSR count). The quantitative estimate of drug-likeness (QED) is 0.410. The third-order valence-electron chi connectivity index (χ3n) is 4.32. The molecule has 3 aromatic carbocycles. The molecule has 114 valence electrons. The van der Waals surface area contributed by atoms with E-state index in [1.165, 1.54) is 6.92 Å². The lowest BCUT2D eigenvalue weighted by Gasteiger charge is -2.10. The van der Waals surface area contributed by atoms with Crippen LogP contribution in [-0.4, -0.2) is 15.9 Å². The third-order valence-corrected chi connectivity index (χ3v) is 4.32.